The molecule has 0 amide bonds. The molecule has 0 bridgehead atoms. The number of carboxylic acids is 2. The van der Waals surface area contributed by atoms with Gasteiger partial charge in [-0.2, -0.15) is 0 Å². The van der Waals surface area contributed by atoms with Crippen LogP contribution in [0, 0.1) is 13.8 Å². The first kappa shape index (κ1) is 22.2. The highest BCUT2D eigenvalue weighted by molar-refractivity contribution is 5.87. The number of phenols is 2. The predicted octanol–water partition coefficient (Wildman–Crippen LogP) is 4.48. The third-order valence-corrected chi connectivity index (χ3v) is 3.60. The van der Waals surface area contributed by atoms with Gasteiger partial charge < -0.3 is 20.4 Å². The molecule has 6 heteroatoms. The van der Waals surface area contributed by atoms with Crippen molar-refractivity contribution in [2.45, 2.75) is 13.8 Å². The fraction of sp³-hybridized carbons (Fsp3) is 0.0909. The molecule has 0 aromatic heterocycles. The largest absolute Gasteiger partial charge is 0.504 e. The standard InChI is InChI=1S/C8H10O2.2C7H6O2/c1-5-3-4-6(2)8(10)7(5)9;2*8-7(9)6-4-2-1-3-5-6/h3-4,9-10H,1-2H3;2*1-5H,(H,8,9). The molecule has 0 unspecified atom stereocenters. The summed E-state index contributed by atoms with van der Waals surface area (Å²) in [6.45, 7) is 3.49. The van der Waals surface area contributed by atoms with Gasteiger partial charge in [-0.05, 0) is 49.2 Å². The second kappa shape index (κ2) is 11.0. The van der Waals surface area contributed by atoms with E-state index in [1.807, 2.05) is 0 Å². The van der Waals surface area contributed by atoms with Gasteiger partial charge in [-0.25, -0.2) is 9.59 Å². The monoisotopic (exact) mass is 382 g/mol. The second-order valence-corrected chi connectivity index (χ2v) is 5.74. The van der Waals surface area contributed by atoms with Crippen molar-refractivity contribution in [2.75, 3.05) is 0 Å². The van der Waals surface area contributed by atoms with Crippen molar-refractivity contribution < 1.29 is 30.0 Å². The molecule has 6 nitrogen and oxygen atoms in total. The number of hydrogen-bond donors (Lipinski definition) is 4. The summed E-state index contributed by atoms with van der Waals surface area (Å²) in [5.74, 6) is -1.79. The van der Waals surface area contributed by atoms with Crippen LogP contribution in [0.25, 0.3) is 0 Å². The topological polar surface area (TPSA) is 115 Å². The molecule has 0 aliphatic rings. The minimum atomic E-state index is -0.879. The van der Waals surface area contributed by atoms with Crippen LogP contribution in [-0.4, -0.2) is 32.4 Å². The van der Waals surface area contributed by atoms with Gasteiger partial charge in [-0.15, -0.1) is 0 Å². The van der Waals surface area contributed by atoms with E-state index in [9.17, 15) is 9.59 Å². The summed E-state index contributed by atoms with van der Waals surface area (Å²) in [5, 5.41) is 35.0. The van der Waals surface area contributed by atoms with E-state index in [4.69, 9.17) is 20.4 Å². The van der Waals surface area contributed by atoms with Crippen LogP contribution in [0.2, 0.25) is 0 Å². The zero-order chi connectivity index (χ0) is 21.1. The van der Waals surface area contributed by atoms with Crippen LogP contribution in [0.5, 0.6) is 11.5 Å². The SMILES string of the molecule is Cc1ccc(C)c(O)c1O.O=C(O)c1ccccc1.O=C(O)c1ccccc1. The summed E-state index contributed by atoms with van der Waals surface area (Å²) in [6, 6.07) is 20.1. The molecular formula is C22H22O6. The van der Waals surface area contributed by atoms with Crippen molar-refractivity contribution in [1.82, 2.24) is 0 Å². The zero-order valence-electron chi connectivity index (χ0n) is 15.5. The lowest BCUT2D eigenvalue weighted by Gasteiger charge is -2.02. The molecule has 0 spiro atoms. The minimum Gasteiger partial charge on any atom is -0.504 e. The molecular weight excluding hydrogens is 360 g/mol. The maximum atomic E-state index is 10.2. The van der Waals surface area contributed by atoms with Gasteiger partial charge in [-0.1, -0.05) is 48.5 Å². The molecule has 3 aromatic rings. The average molecular weight is 382 g/mol. The molecule has 0 atom stereocenters. The first-order chi connectivity index (χ1) is 13.2. The van der Waals surface area contributed by atoms with E-state index in [1.54, 1.807) is 86.6 Å². The van der Waals surface area contributed by atoms with Crippen molar-refractivity contribution in [2.24, 2.45) is 0 Å². The van der Waals surface area contributed by atoms with Crippen molar-refractivity contribution >= 4 is 11.9 Å². The molecule has 0 aliphatic heterocycles. The van der Waals surface area contributed by atoms with E-state index in [1.165, 1.54) is 0 Å². The molecule has 0 saturated carbocycles. The second-order valence-electron chi connectivity index (χ2n) is 5.74. The van der Waals surface area contributed by atoms with E-state index >= 15 is 0 Å². The molecule has 4 N–H and O–H groups in total. The number of aryl methyl sites for hydroxylation is 2. The smallest absolute Gasteiger partial charge is 0.335 e. The number of carbonyl (C=O) groups is 2. The Balaban J connectivity index is 0.000000210. The van der Waals surface area contributed by atoms with E-state index in [0.717, 1.165) is 0 Å². The van der Waals surface area contributed by atoms with Crippen molar-refractivity contribution in [3.63, 3.8) is 0 Å². The molecule has 0 fully saturated rings. The van der Waals surface area contributed by atoms with Crippen LogP contribution in [0.3, 0.4) is 0 Å². The highest BCUT2D eigenvalue weighted by Gasteiger charge is 2.03. The Morgan fingerprint density at radius 3 is 1.07 bits per heavy atom. The quantitative estimate of drug-likeness (QED) is 0.486. The lowest BCUT2D eigenvalue weighted by atomic mass is 10.1. The summed E-state index contributed by atoms with van der Waals surface area (Å²) >= 11 is 0. The Kier molecular flexibility index (Phi) is 8.76. The van der Waals surface area contributed by atoms with Gasteiger partial charge in [0.2, 0.25) is 0 Å². The lowest BCUT2D eigenvalue weighted by molar-refractivity contribution is 0.0686. The number of benzene rings is 3. The number of aromatic hydroxyl groups is 2. The van der Waals surface area contributed by atoms with Crippen molar-refractivity contribution in [3.8, 4) is 11.5 Å². The molecule has 0 heterocycles. The van der Waals surface area contributed by atoms with Crippen LogP contribution >= 0.6 is 0 Å². The average Bonchev–Trinajstić information content (AvgIpc) is 2.71. The number of carboxylic acid groups (broad SMARTS) is 2. The summed E-state index contributed by atoms with van der Waals surface area (Å²) in [7, 11) is 0. The number of rotatable bonds is 2. The molecule has 0 radical (unpaired) electrons. The highest BCUT2D eigenvalue weighted by atomic mass is 16.4. The van der Waals surface area contributed by atoms with Crippen LogP contribution < -0.4 is 0 Å². The molecule has 3 aromatic carbocycles. The molecule has 3 rings (SSSR count). The third-order valence-electron chi connectivity index (χ3n) is 3.60. The van der Waals surface area contributed by atoms with Gasteiger partial charge in [0.05, 0.1) is 11.1 Å². The Labute approximate surface area is 163 Å². The van der Waals surface area contributed by atoms with Gasteiger partial charge in [0.1, 0.15) is 0 Å². The van der Waals surface area contributed by atoms with Gasteiger partial charge >= 0.3 is 11.9 Å². The number of aromatic carboxylic acids is 2. The molecule has 0 saturated heterocycles. The summed E-state index contributed by atoms with van der Waals surface area (Å²) in [4.78, 5) is 20.4. The van der Waals surface area contributed by atoms with E-state index in [2.05, 4.69) is 0 Å². The molecule has 146 valence electrons. The van der Waals surface area contributed by atoms with Gasteiger partial charge in [0.15, 0.2) is 11.5 Å². The zero-order valence-corrected chi connectivity index (χ0v) is 15.5. The van der Waals surface area contributed by atoms with E-state index < -0.39 is 11.9 Å². The highest BCUT2D eigenvalue weighted by Crippen LogP contribution is 2.30. The first-order valence-corrected chi connectivity index (χ1v) is 8.28. The fourth-order valence-electron chi connectivity index (χ4n) is 1.94. The van der Waals surface area contributed by atoms with Crippen LogP contribution in [-0.2, 0) is 0 Å². The maximum Gasteiger partial charge on any atom is 0.335 e. The van der Waals surface area contributed by atoms with Crippen molar-refractivity contribution in [3.05, 3.63) is 95.1 Å². The minimum absolute atomic E-state index is 0.0139. The lowest BCUT2D eigenvalue weighted by Crippen LogP contribution is -1.93. The van der Waals surface area contributed by atoms with Gasteiger partial charge in [0, 0.05) is 0 Å². The molecule has 0 aliphatic carbocycles. The Bertz CT molecular complexity index is 829. The van der Waals surface area contributed by atoms with Gasteiger partial charge in [-0.3, -0.25) is 0 Å². The Morgan fingerprint density at radius 2 is 0.857 bits per heavy atom. The number of phenolic OH excluding ortho intramolecular Hbond substituents is 2. The third kappa shape index (κ3) is 7.21. The molecule has 28 heavy (non-hydrogen) atoms. The van der Waals surface area contributed by atoms with Crippen LogP contribution in [0.15, 0.2) is 72.8 Å². The Morgan fingerprint density at radius 1 is 0.571 bits per heavy atom. The summed E-state index contributed by atoms with van der Waals surface area (Å²) < 4.78 is 0. The van der Waals surface area contributed by atoms with Gasteiger partial charge in [0.25, 0.3) is 0 Å². The summed E-state index contributed by atoms with van der Waals surface area (Å²) in [6.07, 6.45) is 0. The first-order valence-electron chi connectivity index (χ1n) is 8.28. The van der Waals surface area contributed by atoms with Crippen LogP contribution in [0.1, 0.15) is 31.8 Å². The number of hydrogen-bond acceptors (Lipinski definition) is 4. The normalized spacial score (nSPS) is 9.21. The maximum absolute atomic E-state index is 10.2. The van der Waals surface area contributed by atoms with Crippen LogP contribution in [0.4, 0.5) is 0 Å². The van der Waals surface area contributed by atoms with E-state index in [0.29, 0.717) is 22.3 Å². The van der Waals surface area contributed by atoms with E-state index in [-0.39, 0.29) is 11.5 Å². The summed E-state index contributed by atoms with van der Waals surface area (Å²) in [5.41, 5.74) is 2.06. The fourth-order valence-corrected chi connectivity index (χ4v) is 1.94. The Hall–Kier alpha value is -3.80. The van der Waals surface area contributed by atoms with Crippen molar-refractivity contribution in [1.29, 1.82) is 0 Å². The predicted molar refractivity (Wildman–Crippen MR) is 106 cm³/mol.